The number of nitrogens with zero attached hydrogens (tertiary/aromatic N) is 1. The van der Waals surface area contributed by atoms with Crippen LogP contribution in [0, 0.1) is 0 Å². The number of aryl methyl sites for hydroxylation is 1. The van der Waals surface area contributed by atoms with Gasteiger partial charge >= 0.3 is 12.1 Å². The summed E-state index contributed by atoms with van der Waals surface area (Å²) >= 11 is 1.52. The number of aliphatic carboxylic acids is 1. The van der Waals surface area contributed by atoms with E-state index in [1.165, 1.54) is 23.5 Å². The number of carbonyl (C=O) groups is 1. The first-order chi connectivity index (χ1) is 14.8. The molecule has 0 bridgehead atoms. The Bertz CT molecular complexity index is 1080. The first kappa shape index (κ1) is 21.4. The molecule has 0 spiro atoms. The molecule has 0 unspecified atom stereocenters. The van der Waals surface area contributed by atoms with Crippen LogP contribution in [0.25, 0.3) is 10.6 Å². The minimum atomic E-state index is -4.36. The first-order valence-corrected chi connectivity index (χ1v) is 10.7. The van der Waals surface area contributed by atoms with Gasteiger partial charge in [-0.2, -0.15) is 13.2 Å². The van der Waals surface area contributed by atoms with Gasteiger partial charge in [0.1, 0.15) is 10.8 Å². The van der Waals surface area contributed by atoms with Crippen LogP contribution >= 0.6 is 11.3 Å². The summed E-state index contributed by atoms with van der Waals surface area (Å²) < 4.78 is 44.4. The number of fused-ring (bicyclic) bond motifs is 1. The van der Waals surface area contributed by atoms with Gasteiger partial charge in [-0.05, 0) is 49.1 Å². The zero-order valence-corrected chi connectivity index (χ0v) is 17.3. The van der Waals surface area contributed by atoms with E-state index >= 15 is 0 Å². The zero-order valence-electron chi connectivity index (χ0n) is 16.5. The van der Waals surface area contributed by atoms with Crippen LogP contribution in [0.2, 0.25) is 0 Å². The number of halogens is 3. The van der Waals surface area contributed by atoms with Crippen molar-refractivity contribution >= 4 is 17.3 Å². The number of thiazole rings is 1. The van der Waals surface area contributed by atoms with Crippen LogP contribution in [0.15, 0.2) is 48.5 Å². The maximum atomic E-state index is 12.8. The molecule has 1 aliphatic rings. The molecule has 1 N–H and O–H groups in total. The van der Waals surface area contributed by atoms with Crippen LogP contribution < -0.4 is 4.74 Å². The molecule has 0 saturated heterocycles. The molecule has 0 radical (unpaired) electrons. The number of alkyl halides is 3. The number of aromatic nitrogens is 1. The van der Waals surface area contributed by atoms with E-state index in [4.69, 9.17) is 14.8 Å². The van der Waals surface area contributed by atoms with E-state index in [9.17, 15) is 18.0 Å². The van der Waals surface area contributed by atoms with E-state index in [-0.39, 0.29) is 12.3 Å². The second-order valence-corrected chi connectivity index (χ2v) is 8.60. The molecular formula is C23H20F3NO3S. The molecule has 0 amide bonds. The summed E-state index contributed by atoms with van der Waals surface area (Å²) in [5.41, 5.74) is 1.63. The SMILES string of the molecule is O=C(O)Cc1cccc(OC[C@@H]2CCCc3sc(-c4ccc(C(F)(F)F)cc4)nc32)c1. The molecule has 3 aromatic rings. The lowest BCUT2D eigenvalue weighted by molar-refractivity contribution is -0.138. The third-order valence-corrected chi connectivity index (χ3v) is 6.41. The van der Waals surface area contributed by atoms with Gasteiger partial charge in [-0.25, -0.2) is 4.98 Å². The Hall–Kier alpha value is -2.87. The third kappa shape index (κ3) is 5.07. The van der Waals surface area contributed by atoms with Crippen molar-refractivity contribution in [3.63, 3.8) is 0 Å². The van der Waals surface area contributed by atoms with Crippen LogP contribution in [0.1, 0.15) is 40.5 Å². The molecular weight excluding hydrogens is 427 g/mol. The van der Waals surface area contributed by atoms with E-state index in [2.05, 4.69) is 0 Å². The lowest BCUT2D eigenvalue weighted by atomic mass is 9.92. The minimum Gasteiger partial charge on any atom is -0.493 e. The Kier molecular flexibility index (Phi) is 6.00. The number of rotatable bonds is 6. The summed E-state index contributed by atoms with van der Waals surface area (Å²) in [6.07, 6.45) is -1.61. The maximum absolute atomic E-state index is 12.8. The fourth-order valence-corrected chi connectivity index (χ4v) is 4.91. The predicted molar refractivity (Wildman–Crippen MR) is 112 cm³/mol. The molecule has 162 valence electrons. The van der Waals surface area contributed by atoms with Crippen LogP contribution in [0.3, 0.4) is 0 Å². The molecule has 4 rings (SSSR count). The standard InChI is InChI=1S/C23H20F3NO3S/c24-23(25,26)17-9-7-15(8-10-17)22-27-21-16(4-2-6-19(21)31-22)13-30-18-5-1-3-14(11-18)12-20(28)29/h1,3,5,7-11,16H,2,4,6,12-13H2,(H,28,29)/t16-/m0/s1. The molecule has 1 atom stereocenters. The average Bonchev–Trinajstić information content (AvgIpc) is 3.16. The molecule has 0 saturated carbocycles. The number of ether oxygens (including phenoxy) is 1. The van der Waals surface area contributed by atoms with E-state index in [0.29, 0.717) is 28.5 Å². The van der Waals surface area contributed by atoms with Crippen molar-refractivity contribution in [3.05, 3.63) is 70.2 Å². The van der Waals surface area contributed by atoms with Gasteiger partial charge in [0.15, 0.2) is 0 Å². The van der Waals surface area contributed by atoms with E-state index in [1.54, 1.807) is 24.3 Å². The monoisotopic (exact) mass is 447 g/mol. The molecule has 1 aliphatic carbocycles. The van der Waals surface area contributed by atoms with Gasteiger partial charge < -0.3 is 9.84 Å². The van der Waals surface area contributed by atoms with Crippen molar-refractivity contribution in [2.24, 2.45) is 0 Å². The lowest BCUT2D eigenvalue weighted by Gasteiger charge is -2.21. The number of hydrogen-bond acceptors (Lipinski definition) is 4. The third-order valence-electron chi connectivity index (χ3n) is 5.23. The summed E-state index contributed by atoms with van der Waals surface area (Å²) in [7, 11) is 0. The number of carboxylic acid groups (broad SMARTS) is 1. The molecule has 2 aromatic carbocycles. The van der Waals surface area contributed by atoms with Gasteiger partial charge in [0.25, 0.3) is 0 Å². The normalized spacial score (nSPS) is 16.0. The van der Waals surface area contributed by atoms with Crippen molar-refractivity contribution in [3.8, 4) is 16.3 Å². The van der Waals surface area contributed by atoms with Gasteiger partial charge in [0.05, 0.1) is 24.3 Å². The van der Waals surface area contributed by atoms with E-state index in [1.807, 2.05) is 0 Å². The number of hydrogen-bond donors (Lipinski definition) is 1. The number of carboxylic acids is 1. The van der Waals surface area contributed by atoms with Crippen LogP contribution in [-0.4, -0.2) is 22.7 Å². The van der Waals surface area contributed by atoms with Gasteiger partial charge in [0.2, 0.25) is 0 Å². The largest absolute Gasteiger partial charge is 0.493 e. The number of benzene rings is 2. The topological polar surface area (TPSA) is 59.4 Å². The van der Waals surface area contributed by atoms with Crippen molar-refractivity contribution < 1.29 is 27.8 Å². The fourth-order valence-electron chi connectivity index (χ4n) is 3.71. The predicted octanol–water partition coefficient (Wildman–Crippen LogP) is 5.95. The Morgan fingerprint density at radius 3 is 2.68 bits per heavy atom. The van der Waals surface area contributed by atoms with Gasteiger partial charge in [-0.15, -0.1) is 11.3 Å². The Morgan fingerprint density at radius 2 is 1.97 bits per heavy atom. The summed E-state index contributed by atoms with van der Waals surface area (Å²) in [6.45, 7) is 0.416. The quantitative estimate of drug-likeness (QED) is 0.507. The van der Waals surface area contributed by atoms with Crippen molar-refractivity contribution in [1.29, 1.82) is 0 Å². The van der Waals surface area contributed by atoms with Crippen LogP contribution in [-0.2, 0) is 23.8 Å². The molecule has 8 heteroatoms. The van der Waals surface area contributed by atoms with E-state index in [0.717, 1.165) is 42.0 Å². The fraction of sp³-hybridized carbons (Fsp3) is 0.304. The zero-order chi connectivity index (χ0) is 22.0. The van der Waals surface area contributed by atoms with Gasteiger partial charge in [-0.1, -0.05) is 24.3 Å². The Morgan fingerprint density at radius 1 is 1.19 bits per heavy atom. The summed E-state index contributed by atoms with van der Waals surface area (Å²) in [5.74, 6) is -0.192. The average molecular weight is 447 g/mol. The molecule has 0 aliphatic heterocycles. The maximum Gasteiger partial charge on any atom is 0.416 e. The van der Waals surface area contributed by atoms with Crippen molar-refractivity contribution in [1.82, 2.24) is 4.98 Å². The highest BCUT2D eigenvalue weighted by Crippen LogP contribution is 2.39. The second kappa shape index (κ2) is 8.70. The highest BCUT2D eigenvalue weighted by molar-refractivity contribution is 7.15. The van der Waals surface area contributed by atoms with Gasteiger partial charge in [-0.3, -0.25) is 4.79 Å². The highest BCUT2D eigenvalue weighted by atomic mass is 32.1. The van der Waals surface area contributed by atoms with Crippen LogP contribution in [0.5, 0.6) is 5.75 Å². The lowest BCUT2D eigenvalue weighted by Crippen LogP contribution is -2.16. The van der Waals surface area contributed by atoms with Crippen LogP contribution in [0.4, 0.5) is 13.2 Å². The Labute approximate surface area is 181 Å². The molecule has 1 aromatic heterocycles. The highest BCUT2D eigenvalue weighted by Gasteiger charge is 2.30. The van der Waals surface area contributed by atoms with Crippen molar-refractivity contribution in [2.75, 3.05) is 6.61 Å². The smallest absolute Gasteiger partial charge is 0.416 e. The van der Waals surface area contributed by atoms with Gasteiger partial charge in [0, 0.05) is 16.4 Å². The Balaban J connectivity index is 1.49. The molecule has 0 fully saturated rings. The summed E-state index contributed by atoms with van der Waals surface area (Å²) in [5, 5.41) is 9.67. The first-order valence-electron chi connectivity index (χ1n) is 9.90. The second-order valence-electron chi connectivity index (χ2n) is 7.52. The van der Waals surface area contributed by atoms with Crippen molar-refractivity contribution in [2.45, 2.75) is 37.8 Å². The summed E-state index contributed by atoms with van der Waals surface area (Å²) in [4.78, 5) is 16.8. The van der Waals surface area contributed by atoms with E-state index < -0.39 is 17.7 Å². The molecule has 31 heavy (non-hydrogen) atoms. The summed E-state index contributed by atoms with van der Waals surface area (Å²) in [6, 6.07) is 12.1. The molecule has 4 nitrogen and oxygen atoms in total. The minimum absolute atomic E-state index is 0.0622. The molecule has 1 heterocycles.